The second kappa shape index (κ2) is 5.04. The standard InChI is InChI=1S/C19H24N2O3/c1-3-14-11-8-17-19(9-15(20-14)12(11)10-24-17)13-6-4-5-7-16(13)21(23-2)18(19)22/h4-7,11-12,14-15,17,20H,3,8-10H2,1-2H3/t11-,12-,14+,15+,17-,19-/m0/s1. The van der Waals surface area contributed by atoms with E-state index in [2.05, 4.69) is 18.3 Å². The van der Waals surface area contributed by atoms with E-state index < -0.39 is 5.41 Å². The van der Waals surface area contributed by atoms with Crippen molar-refractivity contribution in [3.8, 4) is 0 Å². The molecule has 6 atom stereocenters. The molecular formula is C19H24N2O3. The molecule has 24 heavy (non-hydrogen) atoms. The molecule has 1 N–H and O–H groups in total. The van der Waals surface area contributed by atoms with Crippen molar-refractivity contribution in [1.29, 1.82) is 0 Å². The molecule has 128 valence electrons. The molecule has 4 aliphatic heterocycles. The minimum Gasteiger partial charge on any atom is -0.376 e. The van der Waals surface area contributed by atoms with Gasteiger partial charge >= 0.3 is 0 Å². The molecule has 5 nitrogen and oxygen atoms in total. The van der Waals surface area contributed by atoms with Gasteiger partial charge in [0.15, 0.2) is 0 Å². The van der Waals surface area contributed by atoms with Crippen molar-refractivity contribution in [2.45, 2.75) is 49.8 Å². The zero-order valence-electron chi connectivity index (χ0n) is 14.2. The lowest BCUT2D eigenvalue weighted by atomic mass is 9.71. The lowest BCUT2D eigenvalue weighted by Gasteiger charge is -2.40. The average molecular weight is 328 g/mol. The number of carbonyl (C=O) groups is 1. The highest BCUT2D eigenvalue weighted by Crippen LogP contribution is 2.56. The number of amides is 1. The Kier molecular flexibility index (Phi) is 3.12. The van der Waals surface area contributed by atoms with Gasteiger partial charge < -0.3 is 10.1 Å². The summed E-state index contributed by atoms with van der Waals surface area (Å²) in [5.41, 5.74) is 1.35. The number of hydroxylamine groups is 1. The molecule has 1 spiro atoms. The number of benzene rings is 1. The number of anilines is 1. The molecule has 6 rings (SSSR count). The number of nitrogens with zero attached hydrogens (tertiary/aromatic N) is 1. The van der Waals surface area contributed by atoms with Crippen molar-refractivity contribution in [3.05, 3.63) is 29.8 Å². The second-order valence-electron chi connectivity index (χ2n) is 7.65. The van der Waals surface area contributed by atoms with E-state index in [1.807, 2.05) is 18.2 Å². The van der Waals surface area contributed by atoms with E-state index in [4.69, 9.17) is 9.57 Å². The summed E-state index contributed by atoms with van der Waals surface area (Å²) in [7, 11) is 1.57. The quantitative estimate of drug-likeness (QED) is 0.902. The van der Waals surface area contributed by atoms with Crippen LogP contribution in [0.2, 0.25) is 0 Å². The largest absolute Gasteiger partial charge is 0.376 e. The topological polar surface area (TPSA) is 50.8 Å². The fraction of sp³-hybridized carbons (Fsp3) is 0.632. The summed E-state index contributed by atoms with van der Waals surface area (Å²) < 4.78 is 6.29. The molecule has 5 aliphatic rings. The summed E-state index contributed by atoms with van der Waals surface area (Å²) in [6.07, 6.45) is 2.87. The van der Waals surface area contributed by atoms with Crippen LogP contribution < -0.4 is 10.4 Å². The van der Waals surface area contributed by atoms with Crippen LogP contribution in [0.3, 0.4) is 0 Å². The molecular weight excluding hydrogens is 304 g/mol. The van der Waals surface area contributed by atoms with Crippen molar-refractivity contribution in [2.75, 3.05) is 18.8 Å². The third-order valence-electron chi connectivity index (χ3n) is 6.87. The van der Waals surface area contributed by atoms with E-state index in [9.17, 15) is 4.79 Å². The lowest BCUT2D eigenvalue weighted by Crippen LogP contribution is -2.53. The Morgan fingerprint density at radius 1 is 1.38 bits per heavy atom. The van der Waals surface area contributed by atoms with E-state index in [0.717, 1.165) is 37.1 Å². The smallest absolute Gasteiger partial charge is 0.264 e. The van der Waals surface area contributed by atoms with Crippen molar-refractivity contribution in [3.63, 3.8) is 0 Å². The van der Waals surface area contributed by atoms with Crippen LogP contribution in [-0.2, 0) is 19.8 Å². The zero-order valence-corrected chi connectivity index (χ0v) is 14.2. The maximum absolute atomic E-state index is 13.4. The van der Waals surface area contributed by atoms with Gasteiger partial charge in [-0.2, -0.15) is 5.06 Å². The predicted octanol–water partition coefficient (Wildman–Crippen LogP) is 2.01. The first-order valence-corrected chi connectivity index (χ1v) is 9.06. The molecule has 1 aliphatic carbocycles. The molecule has 4 heterocycles. The van der Waals surface area contributed by atoms with Crippen molar-refractivity contribution in [2.24, 2.45) is 11.8 Å². The number of ether oxygens (including phenoxy) is 1. The number of para-hydroxylation sites is 1. The summed E-state index contributed by atoms with van der Waals surface area (Å²) in [5, 5.41) is 5.29. The van der Waals surface area contributed by atoms with Gasteiger partial charge in [-0.05, 0) is 36.8 Å². The van der Waals surface area contributed by atoms with Crippen molar-refractivity contribution >= 4 is 11.6 Å². The Morgan fingerprint density at radius 2 is 2.21 bits per heavy atom. The van der Waals surface area contributed by atoms with Gasteiger partial charge in [-0.15, -0.1) is 0 Å². The summed E-state index contributed by atoms with van der Waals surface area (Å²) in [4.78, 5) is 18.9. The van der Waals surface area contributed by atoms with Crippen LogP contribution in [0.25, 0.3) is 0 Å². The fourth-order valence-electron chi connectivity index (χ4n) is 5.82. The summed E-state index contributed by atoms with van der Waals surface area (Å²) in [6.45, 7) is 3.02. The minimum absolute atomic E-state index is 0.0410. The molecule has 4 bridgehead atoms. The Labute approximate surface area is 142 Å². The molecule has 1 saturated carbocycles. The SMILES string of the molecule is CC[C@H]1N[C@@H]2C[C@@]3(C(=O)N(OC)c4ccccc43)[C@@H]3C[C@H]1[C@@H]2CO3. The van der Waals surface area contributed by atoms with Gasteiger partial charge in [0.1, 0.15) is 5.41 Å². The highest BCUT2D eigenvalue weighted by Gasteiger charge is 2.64. The second-order valence-corrected chi connectivity index (χ2v) is 7.65. The lowest BCUT2D eigenvalue weighted by molar-refractivity contribution is -0.138. The average Bonchev–Trinajstić information content (AvgIpc) is 2.96. The molecule has 0 radical (unpaired) electrons. The molecule has 0 unspecified atom stereocenters. The maximum atomic E-state index is 13.4. The summed E-state index contributed by atoms with van der Waals surface area (Å²) >= 11 is 0. The number of rotatable bonds is 2. The zero-order chi connectivity index (χ0) is 16.5. The van der Waals surface area contributed by atoms with Crippen molar-refractivity contribution in [1.82, 2.24) is 5.32 Å². The maximum Gasteiger partial charge on any atom is 0.264 e. The number of fused-ring (bicyclic) bond motifs is 2. The van der Waals surface area contributed by atoms with Crippen molar-refractivity contribution < 1.29 is 14.4 Å². The van der Waals surface area contributed by atoms with Gasteiger partial charge in [0.2, 0.25) is 0 Å². The fourth-order valence-corrected chi connectivity index (χ4v) is 5.82. The first-order valence-electron chi connectivity index (χ1n) is 9.06. The highest BCUT2D eigenvalue weighted by atomic mass is 16.7. The predicted molar refractivity (Wildman–Crippen MR) is 89.6 cm³/mol. The van der Waals surface area contributed by atoms with Gasteiger partial charge in [-0.3, -0.25) is 9.63 Å². The number of nitrogens with one attached hydrogen (secondary N) is 1. The third kappa shape index (κ3) is 1.63. The summed E-state index contributed by atoms with van der Waals surface area (Å²) in [6, 6.07) is 8.95. The van der Waals surface area contributed by atoms with Gasteiger partial charge in [0.25, 0.3) is 5.91 Å². The van der Waals surface area contributed by atoms with E-state index in [-0.39, 0.29) is 12.0 Å². The van der Waals surface area contributed by atoms with Crippen LogP contribution in [0.4, 0.5) is 5.69 Å². The molecule has 1 aromatic carbocycles. The van der Waals surface area contributed by atoms with E-state index in [1.165, 1.54) is 5.06 Å². The van der Waals surface area contributed by atoms with Crippen LogP contribution in [0.15, 0.2) is 24.3 Å². The molecule has 1 amide bonds. The van der Waals surface area contributed by atoms with Gasteiger partial charge in [0.05, 0.1) is 25.5 Å². The van der Waals surface area contributed by atoms with Gasteiger partial charge in [0, 0.05) is 18.0 Å². The van der Waals surface area contributed by atoms with Crippen LogP contribution >= 0.6 is 0 Å². The van der Waals surface area contributed by atoms with Crippen LogP contribution in [-0.4, -0.2) is 37.8 Å². The number of carbonyl (C=O) groups excluding carboxylic acids is 1. The summed E-state index contributed by atoms with van der Waals surface area (Å²) in [5.74, 6) is 1.19. The van der Waals surface area contributed by atoms with E-state index >= 15 is 0 Å². The van der Waals surface area contributed by atoms with Crippen LogP contribution in [0.1, 0.15) is 31.7 Å². The Bertz CT molecular complexity index is 693. The molecule has 0 aromatic heterocycles. The Hall–Kier alpha value is -1.43. The normalized spacial score (nSPS) is 42.7. The Balaban J connectivity index is 1.66. The molecule has 1 aromatic rings. The van der Waals surface area contributed by atoms with Crippen LogP contribution in [0, 0.1) is 11.8 Å². The van der Waals surface area contributed by atoms with E-state index in [0.29, 0.717) is 23.9 Å². The third-order valence-corrected chi connectivity index (χ3v) is 6.87. The van der Waals surface area contributed by atoms with Crippen LogP contribution in [0.5, 0.6) is 0 Å². The first-order chi connectivity index (χ1) is 11.7. The Morgan fingerprint density at radius 3 is 3.00 bits per heavy atom. The van der Waals surface area contributed by atoms with Gasteiger partial charge in [-0.25, -0.2) is 0 Å². The minimum atomic E-state index is -0.605. The van der Waals surface area contributed by atoms with Gasteiger partial charge in [-0.1, -0.05) is 25.1 Å². The molecule has 4 fully saturated rings. The number of hydrogen-bond acceptors (Lipinski definition) is 4. The molecule has 5 heteroatoms. The highest BCUT2D eigenvalue weighted by molar-refractivity contribution is 6.07. The number of hydrogen-bond donors (Lipinski definition) is 1. The van der Waals surface area contributed by atoms with E-state index in [1.54, 1.807) is 7.11 Å². The first kappa shape index (κ1) is 14.9. The monoisotopic (exact) mass is 328 g/mol. The molecule has 3 saturated heterocycles.